The third-order valence-electron chi connectivity index (χ3n) is 1.23. The van der Waals surface area contributed by atoms with Crippen LogP contribution in [0.2, 0.25) is 0 Å². The van der Waals surface area contributed by atoms with E-state index in [0.29, 0.717) is 5.75 Å². The molecule has 1 heterocycles. The molecule has 0 bridgehead atoms. The number of hydrogen-bond acceptors (Lipinski definition) is 3. The van der Waals surface area contributed by atoms with E-state index in [1.165, 1.54) is 0 Å². The summed E-state index contributed by atoms with van der Waals surface area (Å²) in [6.07, 6.45) is 1.92. The molecule has 1 aliphatic heterocycles. The van der Waals surface area contributed by atoms with Gasteiger partial charge in [-0.15, -0.1) is 0 Å². The Morgan fingerprint density at radius 1 is 1.67 bits per heavy atom. The molecule has 4 nitrogen and oxygen atoms in total. The Balaban J connectivity index is 0.000000202. The predicted molar refractivity (Wildman–Crippen MR) is 48.3 cm³/mol. The van der Waals surface area contributed by atoms with Gasteiger partial charge in [0, 0.05) is 18.7 Å². The number of carboxylic acids is 1. The average molecular weight is 191 g/mol. The van der Waals surface area contributed by atoms with Crippen molar-refractivity contribution in [3.05, 3.63) is 0 Å². The predicted octanol–water partition coefficient (Wildman–Crippen LogP) is 0.287. The lowest BCUT2D eigenvalue weighted by atomic mass is 10.4. The highest BCUT2D eigenvalue weighted by molar-refractivity contribution is 7.80. The van der Waals surface area contributed by atoms with Crippen molar-refractivity contribution >= 4 is 24.5 Å². The molecule has 1 aliphatic rings. The highest BCUT2D eigenvalue weighted by Crippen LogP contribution is 1.93. The zero-order valence-electron chi connectivity index (χ0n) is 6.75. The molecule has 0 saturated carbocycles. The molecule has 2 N–H and O–H groups in total. The maximum absolute atomic E-state index is 10.1. The first kappa shape index (κ1) is 11.3. The molecular weight excluding hydrogens is 178 g/mol. The van der Waals surface area contributed by atoms with Crippen molar-refractivity contribution in [1.29, 1.82) is 0 Å². The fourth-order valence-electron chi connectivity index (χ4n) is 0.661. The van der Waals surface area contributed by atoms with Gasteiger partial charge < -0.3 is 10.4 Å². The lowest BCUT2D eigenvalue weighted by Crippen LogP contribution is -2.12. The summed E-state index contributed by atoms with van der Waals surface area (Å²) in [6, 6.07) is 0. The number of aliphatic carboxylic acids is 1. The quantitative estimate of drug-likeness (QED) is 0.549. The van der Waals surface area contributed by atoms with E-state index in [1.807, 2.05) is 0 Å². The summed E-state index contributed by atoms with van der Waals surface area (Å²) in [5, 5.41) is 10.5. The van der Waals surface area contributed by atoms with Gasteiger partial charge in [0.25, 0.3) is 0 Å². The molecule has 1 saturated heterocycles. The van der Waals surface area contributed by atoms with Crippen LogP contribution in [-0.4, -0.2) is 29.3 Å². The maximum Gasteiger partial charge on any atom is 0.304 e. The monoisotopic (exact) mass is 191 g/mol. The number of carbonyl (C=O) groups is 2. The van der Waals surface area contributed by atoms with Crippen molar-refractivity contribution in [3.8, 4) is 0 Å². The summed E-state index contributed by atoms with van der Waals surface area (Å²) >= 11 is 3.68. The minimum atomic E-state index is -0.787. The molecular formula is C7H13NO3S. The van der Waals surface area contributed by atoms with Crippen molar-refractivity contribution in [3.63, 3.8) is 0 Å². The Kier molecular flexibility index (Phi) is 6.55. The van der Waals surface area contributed by atoms with Gasteiger partial charge in [-0.1, -0.05) is 0 Å². The number of carboxylic acid groups (broad SMARTS) is 1. The molecule has 0 aliphatic carbocycles. The molecule has 1 fully saturated rings. The molecule has 70 valence electrons. The first-order valence-corrected chi connectivity index (χ1v) is 4.39. The topological polar surface area (TPSA) is 66.4 Å². The Labute approximate surface area is 76.8 Å². The number of nitrogens with one attached hydrogen (secondary N) is 1. The van der Waals surface area contributed by atoms with Gasteiger partial charge in [-0.25, -0.2) is 0 Å². The molecule has 0 atom stereocenters. The van der Waals surface area contributed by atoms with E-state index in [4.69, 9.17) is 5.11 Å². The molecule has 5 heteroatoms. The molecule has 0 radical (unpaired) electrons. The standard InChI is InChI=1S/C4H7NO.C3H6O2S/c6-4-2-1-3-5-4;4-3(5)1-2-6/h1-3H2,(H,5,6);6H,1-2H2,(H,4,5). The van der Waals surface area contributed by atoms with Gasteiger partial charge in [0.2, 0.25) is 5.91 Å². The molecule has 0 aromatic carbocycles. The van der Waals surface area contributed by atoms with E-state index in [-0.39, 0.29) is 12.3 Å². The van der Waals surface area contributed by atoms with Crippen LogP contribution in [0.5, 0.6) is 0 Å². The Morgan fingerprint density at radius 3 is 2.42 bits per heavy atom. The van der Waals surface area contributed by atoms with Gasteiger partial charge >= 0.3 is 5.97 Å². The zero-order chi connectivity index (χ0) is 9.40. The number of carbonyl (C=O) groups excluding carboxylic acids is 1. The largest absolute Gasteiger partial charge is 0.481 e. The minimum absolute atomic E-state index is 0.156. The fourth-order valence-corrected chi connectivity index (χ4v) is 0.852. The van der Waals surface area contributed by atoms with Crippen LogP contribution < -0.4 is 5.32 Å². The fraction of sp³-hybridized carbons (Fsp3) is 0.714. The van der Waals surface area contributed by atoms with Gasteiger partial charge in [-0.3, -0.25) is 9.59 Å². The third kappa shape index (κ3) is 7.40. The molecule has 0 spiro atoms. The van der Waals surface area contributed by atoms with Gasteiger partial charge in [-0.2, -0.15) is 12.6 Å². The lowest BCUT2D eigenvalue weighted by molar-refractivity contribution is -0.136. The smallest absolute Gasteiger partial charge is 0.304 e. The van der Waals surface area contributed by atoms with Crippen LogP contribution in [0.3, 0.4) is 0 Å². The van der Waals surface area contributed by atoms with Crippen molar-refractivity contribution in [2.24, 2.45) is 0 Å². The van der Waals surface area contributed by atoms with Crippen LogP contribution in [0.1, 0.15) is 19.3 Å². The van der Waals surface area contributed by atoms with E-state index < -0.39 is 5.97 Å². The third-order valence-corrected chi connectivity index (χ3v) is 1.45. The summed E-state index contributed by atoms with van der Waals surface area (Å²) in [6.45, 7) is 0.888. The van der Waals surface area contributed by atoms with Crippen molar-refractivity contribution in [2.45, 2.75) is 19.3 Å². The van der Waals surface area contributed by atoms with Crippen LogP contribution in [-0.2, 0) is 9.59 Å². The van der Waals surface area contributed by atoms with Crippen molar-refractivity contribution in [2.75, 3.05) is 12.3 Å². The number of thiol groups is 1. The summed E-state index contributed by atoms with van der Waals surface area (Å²) in [7, 11) is 0. The number of hydrogen-bond donors (Lipinski definition) is 3. The summed E-state index contributed by atoms with van der Waals surface area (Å²) < 4.78 is 0. The van der Waals surface area contributed by atoms with E-state index >= 15 is 0 Å². The molecule has 1 rings (SSSR count). The van der Waals surface area contributed by atoms with E-state index in [0.717, 1.165) is 19.4 Å². The minimum Gasteiger partial charge on any atom is -0.481 e. The van der Waals surface area contributed by atoms with Crippen LogP contribution in [0.15, 0.2) is 0 Å². The molecule has 0 aromatic rings. The second-order valence-corrected chi connectivity index (χ2v) is 2.77. The second-order valence-electron chi connectivity index (χ2n) is 2.32. The normalized spacial score (nSPS) is 14.6. The Bertz CT molecular complexity index is 153. The van der Waals surface area contributed by atoms with E-state index in [9.17, 15) is 9.59 Å². The summed E-state index contributed by atoms with van der Waals surface area (Å²) in [5.41, 5.74) is 0. The van der Waals surface area contributed by atoms with Crippen LogP contribution in [0.25, 0.3) is 0 Å². The summed E-state index contributed by atoms with van der Waals surface area (Å²) in [5.74, 6) is -0.157. The average Bonchev–Trinajstić information content (AvgIpc) is 2.40. The highest BCUT2D eigenvalue weighted by Gasteiger charge is 2.05. The maximum atomic E-state index is 10.1. The first-order chi connectivity index (χ1) is 5.66. The highest BCUT2D eigenvalue weighted by atomic mass is 32.1. The van der Waals surface area contributed by atoms with E-state index in [1.54, 1.807) is 0 Å². The summed E-state index contributed by atoms with van der Waals surface area (Å²) in [4.78, 5) is 19.7. The number of rotatable bonds is 2. The van der Waals surface area contributed by atoms with Gasteiger partial charge in [0.05, 0.1) is 6.42 Å². The van der Waals surface area contributed by atoms with Crippen LogP contribution in [0, 0.1) is 0 Å². The molecule has 0 aromatic heterocycles. The van der Waals surface area contributed by atoms with Crippen LogP contribution >= 0.6 is 12.6 Å². The van der Waals surface area contributed by atoms with Gasteiger partial charge in [0.1, 0.15) is 0 Å². The molecule has 0 unspecified atom stereocenters. The first-order valence-electron chi connectivity index (χ1n) is 3.76. The van der Waals surface area contributed by atoms with Gasteiger partial charge in [0.15, 0.2) is 0 Å². The Morgan fingerprint density at radius 2 is 2.33 bits per heavy atom. The Hall–Kier alpha value is -0.710. The van der Waals surface area contributed by atoms with Crippen molar-refractivity contribution < 1.29 is 14.7 Å². The zero-order valence-corrected chi connectivity index (χ0v) is 7.64. The SMILES string of the molecule is O=C(O)CCS.O=C1CCCN1. The molecule has 1 amide bonds. The van der Waals surface area contributed by atoms with Crippen molar-refractivity contribution in [1.82, 2.24) is 5.32 Å². The molecule has 12 heavy (non-hydrogen) atoms. The van der Waals surface area contributed by atoms with Gasteiger partial charge in [-0.05, 0) is 6.42 Å². The second kappa shape index (κ2) is 6.97. The van der Waals surface area contributed by atoms with Crippen LogP contribution in [0.4, 0.5) is 0 Å². The van der Waals surface area contributed by atoms with E-state index in [2.05, 4.69) is 17.9 Å². The number of amides is 1. The lowest BCUT2D eigenvalue weighted by Gasteiger charge is -1.80.